The summed E-state index contributed by atoms with van der Waals surface area (Å²) < 4.78 is 0. The molecule has 0 spiro atoms. The summed E-state index contributed by atoms with van der Waals surface area (Å²) in [6.07, 6.45) is 7.11. The maximum absolute atomic E-state index is 12.1. The molecule has 220 valence electrons. The highest BCUT2D eigenvalue weighted by Crippen LogP contribution is 2.38. The van der Waals surface area contributed by atoms with Gasteiger partial charge in [-0.15, -0.1) is 0 Å². The number of carbonyl (C=O) groups is 1. The number of benzene rings is 6. The number of hydrogen-bond acceptors (Lipinski definition) is 3. The van der Waals surface area contributed by atoms with Crippen LogP contribution in [-0.2, 0) is 4.79 Å². The van der Waals surface area contributed by atoms with Crippen molar-refractivity contribution < 1.29 is 4.79 Å². The monoisotopic (exact) mass is 592 g/mol. The van der Waals surface area contributed by atoms with Crippen LogP contribution in [0, 0.1) is 0 Å². The number of nitrogens with zero attached hydrogens (tertiary/aromatic N) is 2. The van der Waals surface area contributed by atoms with E-state index in [2.05, 4.69) is 155 Å². The first-order chi connectivity index (χ1) is 22.7. The molecular weight excluding hydrogens is 560 g/mol. The number of allylic oxidation sites excluding steroid dienone is 5. The standard InChI is InChI=1S/C43H32N2O/c46-42-31-25-35(26-32-42)43(33-21-27-40(28-22-33)44(36-13-5-1-6-14-36)37-15-7-2-8-16-37)34-23-29-41(30-24-34)45(38-17-9-3-10-18-38)39-19-11-4-12-20-39/h1-32H. The summed E-state index contributed by atoms with van der Waals surface area (Å²) >= 11 is 0. The zero-order valence-corrected chi connectivity index (χ0v) is 25.3. The van der Waals surface area contributed by atoms with Gasteiger partial charge >= 0.3 is 0 Å². The molecule has 0 atom stereocenters. The molecule has 7 rings (SSSR count). The van der Waals surface area contributed by atoms with Crippen LogP contribution >= 0.6 is 0 Å². The minimum absolute atomic E-state index is 0.00322. The Morgan fingerprint density at radius 2 is 0.609 bits per heavy atom. The summed E-state index contributed by atoms with van der Waals surface area (Å²) in [5.41, 5.74) is 10.7. The Labute approximate surface area is 270 Å². The van der Waals surface area contributed by atoms with Crippen molar-refractivity contribution in [3.8, 4) is 0 Å². The van der Waals surface area contributed by atoms with Crippen LogP contribution in [0.1, 0.15) is 11.1 Å². The molecule has 0 bridgehead atoms. The molecule has 0 radical (unpaired) electrons. The lowest BCUT2D eigenvalue weighted by atomic mass is 9.90. The topological polar surface area (TPSA) is 23.6 Å². The molecule has 1 aliphatic rings. The lowest BCUT2D eigenvalue weighted by molar-refractivity contribution is -0.110. The molecule has 0 saturated heterocycles. The summed E-state index contributed by atoms with van der Waals surface area (Å²) in [7, 11) is 0. The largest absolute Gasteiger partial charge is 0.311 e. The Morgan fingerprint density at radius 1 is 0.326 bits per heavy atom. The van der Waals surface area contributed by atoms with Gasteiger partial charge in [0.05, 0.1) is 0 Å². The summed E-state index contributed by atoms with van der Waals surface area (Å²) in [6.45, 7) is 0. The van der Waals surface area contributed by atoms with Crippen molar-refractivity contribution in [2.75, 3.05) is 9.80 Å². The van der Waals surface area contributed by atoms with Gasteiger partial charge in [-0.2, -0.15) is 0 Å². The van der Waals surface area contributed by atoms with Gasteiger partial charge in [-0.05, 0) is 107 Å². The van der Waals surface area contributed by atoms with E-state index >= 15 is 0 Å². The number of anilines is 6. The summed E-state index contributed by atoms with van der Waals surface area (Å²) in [4.78, 5) is 16.6. The third-order valence-electron chi connectivity index (χ3n) is 8.03. The molecule has 3 nitrogen and oxygen atoms in total. The minimum Gasteiger partial charge on any atom is -0.311 e. The maximum Gasteiger partial charge on any atom is 0.178 e. The van der Waals surface area contributed by atoms with E-state index in [4.69, 9.17) is 0 Å². The third kappa shape index (κ3) is 6.08. The van der Waals surface area contributed by atoms with E-state index < -0.39 is 0 Å². The van der Waals surface area contributed by atoms with Gasteiger partial charge in [0.1, 0.15) is 0 Å². The van der Waals surface area contributed by atoms with Crippen LogP contribution in [-0.4, -0.2) is 5.78 Å². The summed E-state index contributed by atoms with van der Waals surface area (Å²) in [5.74, 6) is -0.00322. The smallest absolute Gasteiger partial charge is 0.178 e. The average Bonchev–Trinajstić information content (AvgIpc) is 3.13. The first-order valence-electron chi connectivity index (χ1n) is 15.4. The van der Waals surface area contributed by atoms with Crippen molar-refractivity contribution >= 4 is 45.5 Å². The number of hydrogen-bond donors (Lipinski definition) is 0. The van der Waals surface area contributed by atoms with Crippen LogP contribution in [0.3, 0.4) is 0 Å². The number of para-hydroxylation sites is 4. The second-order valence-corrected chi connectivity index (χ2v) is 11.0. The van der Waals surface area contributed by atoms with Crippen LogP contribution in [0.5, 0.6) is 0 Å². The molecule has 0 aromatic heterocycles. The predicted octanol–water partition coefficient (Wildman–Crippen LogP) is 11.1. The fraction of sp³-hybridized carbons (Fsp3) is 0. The normalized spacial score (nSPS) is 12.2. The first-order valence-corrected chi connectivity index (χ1v) is 15.4. The van der Waals surface area contributed by atoms with Gasteiger partial charge in [-0.1, -0.05) is 109 Å². The van der Waals surface area contributed by atoms with E-state index in [0.29, 0.717) is 0 Å². The molecule has 46 heavy (non-hydrogen) atoms. The van der Waals surface area contributed by atoms with Crippen molar-refractivity contribution in [2.24, 2.45) is 0 Å². The Balaban J connectivity index is 1.29. The van der Waals surface area contributed by atoms with E-state index in [1.165, 1.54) is 0 Å². The quantitative estimate of drug-likeness (QED) is 0.176. The van der Waals surface area contributed by atoms with Crippen molar-refractivity contribution in [1.82, 2.24) is 0 Å². The molecular formula is C43H32N2O. The first kappa shape index (κ1) is 28.6. The lowest BCUT2D eigenvalue weighted by Gasteiger charge is -2.26. The highest BCUT2D eigenvalue weighted by molar-refractivity contribution is 6.03. The SMILES string of the molecule is O=C1C=CC(=C(c2ccc(N(c3ccccc3)c3ccccc3)cc2)c2ccc(N(c3ccccc3)c3ccccc3)cc2)C=C1. The Hall–Kier alpha value is -6.19. The molecule has 0 saturated carbocycles. The van der Waals surface area contributed by atoms with Gasteiger partial charge in [0.2, 0.25) is 0 Å². The average molecular weight is 593 g/mol. The van der Waals surface area contributed by atoms with E-state index in [0.717, 1.165) is 56.4 Å². The predicted molar refractivity (Wildman–Crippen MR) is 192 cm³/mol. The highest BCUT2D eigenvalue weighted by atomic mass is 16.1. The molecule has 0 fully saturated rings. The van der Waals surface area contributed by atoms with E-state index in [1.807, 2.05) is 36.4 Å². The minimum atomic E-state index is -0.00322. The zero-order chi connectivity index (χ0) is 31.1. The fourth-order valence-corrected chi connectivity index (χ4v) is 5.88. The third-order valence-corrected chi connectivity index (χ3v) is 8.03. The molecule has 6 aromatic rings. The van der Waals surface area contributed by atoms with Gasteiger partial charge in [0.25, 0.3) is 0 Å². The van der Waals surface area contributed by atoms with Crippen LogP contribution < -0.4 is 9.80 Å². The second-order valence-electron chi connectivity index (χ2n) is 11.0. The van der Waals surface area contributed by atoms with E-state index in [9.17, 15) is 4.79 Å². The van der Waals surface area contributed by atoms with Crippen LogP contribution in [0.25, 0.3) is 5.57 Å². The molecule has 0 amide bonds. The lowest BCUT2D eigenvalue weighted by Crippen LogP contribution is -2.10. The molecule has 0 heterocycles. The van der Waals surface area contributed by atoms with Crippen molar-refractivity contribution in [2.45, 2.75) is 0 Å². The molecule has 1 aliphatic carbocycles. The van der Waals surface area contributed by atoms with Crippen molar-refractivity contribution in [3.63, 3.8) is 0 Å². The molecule has 3 heteroatoms. The van der Waals surface area contributed by atoms with Gasteiger partial charge in [0, 0.05) is 34.1 Å². The second kappa shape index (κ2) is 13.2. The molecule has 0 aliphatic heterocycles. The number of carbonyl (C=O) groups excluding carboxylic acids is 1. The van der Waals surface area contributed by atoms with Gasteiger partial charge in [-0.25, -0.2) is 0 Å². The Bertz CT molecular complexity index is 1790. The molecule has 0 unspecified atom stereocenters. The van der Waals surface area contributed by atoms with E-state index in [1.54, 1.807) is 12.2 Å². The van der Waals surface area contributed by atoms with Crippen LogP contribution in [0.15, 0.2) is 200 Å². The van der Waals surface area contributed by atoms with Gasteiger partial charge in [-0.3, -0.25) is 4.79 Å². The highest BCUT2D eigenvalue weighted by Gasteiger charge is 2.17. The Kier molecular flexibility index (Phi) is 8.20. The summed E-state index contributed by atoms with van der Waals surface area (Å²) in [5, 5.41) is 0. The van der Waals surface area contributed by atoms with Crippen LogP contribution in [0.4, 0.5) is 34.1 Å². The molecule has 0 N–H and O–H groups in total. The zero-order valence-electron chi connectivity index (χ0n) is 25.3. The van der Waals surface area contributed by atoms with Crippen LogP contribution in [0.2, 0.25) is 0 Å². The number of ketones is 1. The Morgan fingerprint density at radius 3 is 0.913 bits per heavy atom. The fourth-order valence-electron chi connectivity index (χ4n) is 5.88. The van der Waals surface area contributed by atoms with Crippen molar-refractivity contribution in [3.05, 3.63) is 211 Å². The van der Waals surface area contributed by atoms with E-state index in [-0.39, 0.29) is 5.78 Å². The van der Waals surface area contributed by atoms with Gasteiger partial charge < -0.3 is 9.80 Å². The maximum atomic E-state index is 12.1. The van der Waals surface area contributed by atoms with Gasteiger partial charge in [0.15, 0.2) is 5.78 Å². The summed E-state index contributed by atoms with van der Waals surface area (Å²) in [6, 6.07) is 59.0. The van der Waals surface area contributed by atoms with Crippen molar-refractivity contribution in [1.29, 1.82) is 0 Å². The number of rotatable bonds is 8. The molecule has 6 aromatic carbocycles.